The number of hydrogen-bond donors (Lipinski definition) is 2. The molecular formula is C29H33FN4O6. The quantitative estimate of drug-likeness (QED) is 0.506. The molecule has 40 heavy (non-hydrogen) atoms. The van der Waals surface area contributed by atoms with Gasteiger partial charge in [-0.2, -0.15) is 0 Å². The molecule has 0 aromatic heterocycles. The van der Waals surface area contributed by atoms with E-state index in [1.165, 1.54) is 22.8 Å². The molecule has 2 atom stereocenters. The number of carbonyl (C=O) groups is 4. The van der Waals surface area contributed by atoms with E-state index in [-0.39, 0.29) is 31.4 Å². The van der Waals surface area contributed by atoms with Crippen LogP contribution >= 0.6 is 0 Å². The monoisotopic (exact) mass is 552 g/mol. The van der Waals surface area contributed by atoms with Crippen LogP contribution in [0.25, 0.3) is 11.1 Å². The third kappa shape index (κ3) is 6.96. The molecule has 2 N–H and O–H groups in total. The second-order valence-corrected chi connectivity index (χ2v) is 10.6. The minimum absolute atomic E-state index is 0.185. The third-order valence-corrected chi connectivity index (χ3v) is 6.30. The Labute approximate surface area is 232 Å². The number of nitrogens with zero attached hydrogens (tertiary/aromatic N) is 2. The fourth-order valence-corrected chi connectivity index (χ4v) is 4.36. The van der Waals surface area contributed by atoms with E-state index in [1.54, 1.807) is 69.3 Å². The number of hydrogen-bond acceptors (Lipinski definition) is 6. The Morgan fingerprint density at radius 2 is 1.82 bits per heavy atom. The molecule has 0 spiro atoms. The maximum Gasteiger partial charge on any atom is 0.414 e. The molecule has 1 fully saturated rings. The smallest absolute Gasteiger partial charge is 0.414 e. The molecule has 2 aliphatic rings. The van der Waals surface area contributed by atoms with E-state index in [0.29, 0.717) is 23.4 Å². The van der Waals surface area contributed by atoms with E-state index in [9.17, 15) is 19.2 Å². The van der Waals surface area contributed by atoms with E-state index in [0.717, 1.165) is 5.56 Å². The molecular weight excluding hydrogens is 519 g/mol. The molecule has 0 radical (unpaired) electrons. The van der Waals surface area contributed by atoms with Gasteiger partial charge in [0.2, 0.25) is 11.8 Å². The molecule has 2 heterocycles. The van der Waals surface area contributed by atoms with Gasteiger partial charge in [-0.3, -0.25) is 19.4 Å². The standard InChI is InChI=1S/C29H33FN4O6/c1-18(35)31-16-22-17-34(27(37)39-22)21-11-12-23(24(30)14-21)20-9-7-19(8-10-20)15-32-26(36)25-6-5-13-33(25)28(38)40-29(2,3)4/h5-12,14,22,25H,13,15-17H2,1-4H3,(H,31,35)(H,32,36). The van der Waals surface area contributed by atoms with Gasteiger partial charge in [0.15, 0.2) is 0 Å². The summed E-state index contributed by atoms with van der Waals surface area (Å²) in [6.07, 6.45) is 1.74. The summed E-state index contributed by atoms with van der Waals surface area (Å²) in [6.45, 7) is 7.58. The SMILES string of the molecule is CC(=O)NCC1CN(c2ccc(-c3ccc(CNC(=O)C4C=CCN4C(=O)OC(C)(C)C)cc3)c(F)c2)C(=O)O1. The van der Waals surface area contributed by atoms with Gasteiger partial charge in [0, 0.05) is 25.6 Å². The van der Waals surface area contributed by atoms with Gasteiger partial charge in [-0.1, -0.05) is 36.4 Å². The van der Waals surface area contributed by atoms with Gasteiger partial charge >= 0.3 is 12.2 Å². The minimum Gasteiger partial charge on any atom is -0.444 e. The van der Waals surface area contributed by atoms with Gasteiger partial charge in [-0.25, -0.2) is 14.0 Å². The lowest BCUT2D eigenvalue weighted by atomic mass is 10.0. The Balaban J connectivity index is 1.35. The van der Waals surface area contributed by atoms with Crippen LogP contribution in [0.15, 0.2) is 54.6 Å². The molecule has 2 unspecified atom stereocenters. The maximum absolute atomic E-state index is 15.1. The van der Waals surface area contributed by atoms with Crippen molar-refractivity contribution in [3.05, 3.63) is 66.0 Å². The van der Waals surface area contributed by atoms with Gasteiger partial charge < -0.3 is 20.1 Å². The number of nitrogens with one attached hydrogen (secondary N) is 2. The second-order valence-electron chi connectivity index (χ2n) is 10.6. The highest BCUT2D eigenvalue weighted by Crippen LogP contribution is 2.29. The first-order valence-corrected chi connectivity index (χ1v) is 13.0. The molecule has 1 saturated heterocycles. The fourth-order valence-electron chi connectivity index (χ4n) is 4.36. The van der Waals surface area contributed by atoms with Crippen molar-refractivity contribution < 1.29 is 33.0 Å². The summed E-state index contributed by atoms with van der Waals surface area (Å²) in [4.78, 5) is 51.2. The molecule has 0 bridgehead atoms. The van der Waals surface area contributed by atoms with E-state index in [1.807, 2.05) is 0 Å². The van der Waals surface area contributed by atoms with Crippen LogP contribution in [0.1, 0.15) is 33.3 Å². The molecule has 4 rings (SSSR count). The zero-order valence-corrected chi connectivity index (χ0v) is 22.9. The Hall–Kier alpha value is -4.41. The van der Waals surface area contributed by atoms with Gasteiger partial charge in [0.05, 0.1) is 18.8 Å². The maximum atomic E-state index is 15.1. The number of rotatable bonds is 7. The first-order valence-electron chi connectivity index (χ1n) is 13.0. The molecule has 0 aliphatic carbocycles. The molecule has 212 valence electrons. The van der Waals surface area contributed by atoms with Crippen LogP contribution in [0.3, 0.4) is 0 Å². The lowest BCUT2D eigenvalue weighted by Gasteiger charge is -2.28. The summed E-state index contributed by atoms with van der Waals surface area (Å²) in [5, 5.41) is 5.44. The van der Waals surface area contributed by atoms with Crippen molar-refractivity contribution in [2.45, 2.75) is 52.0 Å². The molecule has 2 aromatic rings. The number of amides is 4. The summed E-state index contributed by atoms with van der Waals surface area (Å²) < 4.78 is 25.7. The normalized spacial score (nSPS) is 18.5. The van der Waals surface area contributed by atoms with Crippen molar-refractivity contribution in [1.29, 1.82) is 0 Å². The van der Waals surface area contributed by atoms with Crippen LogP contribution in [0.4, 0.5) is 19.7 Å². The number of anilines is 1. The van der Waals surface area contributed by atoms with Crippen molar-refractivity contribution in [3.63, 3.8) is 0 Å². The lowest BCUT2D eigenvalue weighted by molar-refractivity contribution is -0.124. The predicted molar refractivity (Wildman–Crippen MR) is 146 cm³/mol. The highest BCUT2D eigenvalue weighted by atomic mass is 19.1. The number of halogens is 1. The van der Waals surface area contributed by atoms with Gasteiger partial charge in [-0.05, 0) is 50.1 Å². The summed E-state index contributed by atoms with van der Waals surface area (Å²) in [6, 6.07) is 10.8. The van der Waals surface area contributed by atoms with Crippen LogP contribution in [0.5, 0.6) is 0 Å². The van der Waals surface area contributed by atoms with Crippen molar-refractivity contribution in [1.82, 2.24) is 15.5 Å². The Morgan fingerprint density at radius 3 is 2.48 bits per heavy atom. The number of benzene rings is 2. The summed E-state index contributed by atoms with van der Waals surface area (Å²) in [5.41, 5.74) is 1.47. The summed E-state index contributed by atoms with van der Waals surface area (Å²) >= 11 is 0. The molecule has 11 heteroatoms. The number of cyclic esters (lactones) is 1. The van der Waals surface area contributed by atoms with Crippen LogP contribution in [-0.2, 0) is 25.6 Å². The first kappa shape index (κ1) is 28.6. The van der Waals surface area contributed by atoms with E-state index in [2.05, 4.69) is 10.6 Å². The topological polar surface area (TPSA) is 117 Å². The average molecular weight is 553 g/mol. The zero-order chi connectivity index (χ0) is 29.0. The molecule has 10 nitrogen and oxygen atoms in total. The Morgan fingerprint density at radius 1 is 1.10 bits per heavy atom. The predicted octanol–water partition coefficient (Wildman–Crippen LogP) is 3.75. The lowest BCUT2D eigenvalue weighted by Crippen LogP contribution is -2.47. The van der Waals surface area contributed by atoms with E-state index >= 15 is 4.39 Å². The highest BCUT2D eigenvalue weighted by molar-refractivity contribution is 5.90. The van der Waals surface area contributed by atoms with Crippen LogP contribution < -0.4 is 15.5 Å². The molecule has 0 saturated carbocycles. The van der Waals surface area contributed by atoms with Crippen LogP contribution in [0, 0.1) is 5.82 Å². The van der Waals surface area contributed by atoms with Crippen molar-refractivity contribution in [2.24, 2.45) is 0 Å². The first-order chi connectivity index (χ1) is 18.9. The fraction of sp³-hybridized carbons (Fsp3) is 0.379. The van der Waals surface area contributed by atoms with Crippen LogP contribution in [0.2, 0.25) is 0 Å². The van der Waals surface area contributed by atoms with Crippen LogP contribution in [-0.4, -0.2) is 66.3 Å². The van der Waals surface area contributed by atoms with Crippen molar-refractivity contribution >= 4 is 29.7 Å². The van der Waals surface area contributed by atoms with E-state index in [4.69, 9.17) is 9.47 Å². The Bertz CT molecular complexity index is 1320. The van der Waals surface area contributed by atoms with Crippen molar-refractivity contribution in [2.75, 3.05) is 24.5 Å². The van der Waals surface area contributed by atoms with Crippen molar-refractivity contribution in [3.8, 4) is 11.1 Å². The summed E-state index contributed by atoms with van der Waals surface area (Å²) in [5.74, 6) is -1.06. The number of carbonyl (C=O) groups excluding carboxylic acids is 4. The Kier molecular flexibility index (Phi) is 8.41. The average Bonchev–Trinajstić information content (AvgIpc) is 3.52. The molecule has 2 aromatic carbocycles. The largest absolute Gasteiger partial charge is 0.444 e. The van der Waals surface area contributed by atoms with Gasteiger partial charge in [-0.15, -0.1) is 0 Å². The van der Waals surface area contributed by atoms with Gasteiger partial charge in [0.25, 0.3) is 0 Å². The molecule has 4 amide bonds. The highest BCUT2D eigenvalue weighted by Gasteiger charge is 2.34. The zero-order valence-electron chi connectivity index (χ0n) is 22.9. The third-order valence-electron chi connectivity index (χ3n) is 6.30. The second kappa shape index (κ2) is 11.8. The minimum atomic E-state index is -0.754. The van der Waals surface area contributed by atoms with E-state index < -0.39 is 35.8 Å². The number of ether oxygens (including phenoxy) is 2. The summed E-state index contributed by atoms with van der Waals surface area (Å²) in [7, 11) is 0. The molecule has 2 aliphatic heterocycles. The van der Waals surface area contributed by atoms with Gasteiger partial charge in [0.1, 0.15) is 23.6 Å².